The maximum absolute atomic E-state index is 4.38. The van der Waals surface area contributed by atoms with E-state index < -0.39 is 0 Å². The van der Waals surface area contributed by atoms with Crippen molar-refractivity contribution in [1.29, 1.82) is 0 Å². The summed E-state index contributed by atoms with van der Waals surface area (Å²) in [4.78, 5) is 0. The van der Waals surface area contributed by atoms with Crippen LogP contribution in [0.1, 0.15) is 44.0 Å². The Morgan fingerprint density at radius 3 is 3.00 bits per heavy atom. The normalized spacial score (nSPS) is 23.8. The van der Waals surface area contributed by atoms with Crippen molar-refractivity contribution in [2.24, 2.45) is 0 Å². The molecule has 1 aromatic heterocycles. The van der Waals surface area contributed by atoms with Gasteiger partial charge in [0.2, 0.25) is 0 Å². The second-order valence-corrected chi connectivity index (χ2v) is 4.99. The highest BCUT2D eigenvalue weighted by atomic mass is 15.1. The van der Waals surface area contributed by atoms with Gasteiger partial charge in [-0.25, -0.2) is 0 Å². The van der Waals surface area contributed by atoms with Crippen LogP contribution in [-0.2, 0) is 12.0 Å². The molecule has 0 aliphatic heterocycles. The van der Waals surface area contributed by atoms with E-state index in [1.807, 2.05) is 0 Å². The van der Waals surface area contributed by atoms with Crippen molar-refractivity contribution < 1.29 is 0 Å². The zero-order valence-electron chi connectivity index (χ0n) is 8.64. The lowest BCUT2D eigenvalue weighted by molar-refractivity contribution is 0.672. The van der Waals surface area contributed by atoms with E-state index in [1.54, 1.807) is 0 Å². The van der Waals surface area contributed by atoms with Crippen LogP contribution in [0.25, 0.3) is 0 Å². The first kappa shape index (κ1) is 8.48. The summed E-state index contributed by atoms with van der Waals surface area (Å²) >= 11 is 0. The number of aromatic nitrogens is 2. The lowest BCUT2D eigenvalue weighted by Gasteiger charge is -2.00. The van der Waals surface area contributed by atoms with E-state index in [0.29, 0.717) is 5.41 Å². The maximum Gasteiger partial charge on any atom is 0.0684 e. The fourth-order valence-corrected chi connectivity index (χ4v) is 1.75. The van der Waals surface area contributed by atoms with E-state index in [2.05, 4.69) is 28.5 Å². The van der Waals surface area contributed by atoms with Crippen molar-refractivity contribution in [3.05, 3.63) is 17.5 Å². The lowest BCUT2D eigenvalue weighted by atomic mass is 10.1. The molecule has 1 heterocycles. The second-order valence-electron chi connectivity index (χ2n) is 4.99. The van der Waals surface area contributed by atoms with Crippen LogP contribution >= 0.6 is 0 Å². The molecule has 0 amide bonds. The van der Waals surface area contributed by atoms with Crippen molar-refractivity contribution in [2.75, 3.05) is 0 Å². The zero-order chi connectivity index (χ0) is 9.60. The lowest BCUT2D eigenvalue weighted by Crippen LogP contribution is -2.15. The van der Waals surface area contributed by atoms with Crippen LogP contribution in [0.15, 0.2) is 6.07 Å². The molecule has 1 aromatic rings. The molecule has 0 unspecified atom stereocenters. The average Bonchev–Trinajstić information content (AvgIpc) is 3.08. The third-order valence-corrected chi connectivity index (χ3v) is 3.41. The molecule has 0 atom stereocenters. The number of H-pyrrole nitrogens is 1. The van der Waals surface area contributed by atoms with Crippen LogP contribution in [0.3, 0.4) is 0 Å². The minimum absolute atomic E-state index is 0.397. The first-order valence-corrected chi connectivity index (χ1v) is 5.54. The maximum atomic E-state index is 4.38. The zero-order valence-corrected chi connectivity index (χ0v) is 8.64. The van der Waals surface area contributed by atoms with Crippen LogP contribution in [0.2, 0.25) is 0 Å². The number of nitrogens with zero attached hydrogens (tertiary/aromatic N) is 1. The van der Waals surface area contributed by atoms with E-state index in [9.17, 15) is 0 Å². The highest BCUT2D eigenvalue weighted by molar-refractivity contribution is 5.24. The minimum Gasteiger partial charge on any atom is -0.308 e. The molecule has 2 fully saturated rings. The Labute approximate surface area is 84.3 Å². The summed E-state index contributed by atoms with van der Waals surface area (Å²) in [5.74, 6) is 0. The molecule has 0 spiro atoms. The van der Waals surface area contributed by atoms with Gasteiger partial charge in [-0.3, -0.25) is 5.10 Å². The molecule has 14 heavy (non-hydrogen) atoms. The second kappa shape index (κ2) is 2.83. The SMILES string of the molecule is CC1(c2cc(CNC3CC3)[nH]n2)CC1. The van der Waals surface area contributed by atoms with E-state index >= 15 is 0 Å². The molecule has 76 valence electrons. The van der Waals surface area contributed by atoms with E-state index in [1.165, 1.54) is 37.1 Å². The molecule has 3 rings (SSSR count). The van der Waals surface area contributed by atoms with Crippen molar-refractivity contribution >= 4 is 0 Å². The van der Waals surface area contributed by atoms with Crippen LogP contribution in [0.5, 0.6) is 0 Å². The Morgan fingerprint density at radius 2 is 2.36 bits per heavy atom. The summed E-state index contributed by atoms with van der Waals surface area (Å²) in [5, 5.41) is 11.0. The van der Waals surface area contributed by atoms with Crippen molar-refractivity contribution in [1.82, 2.24) is 15.5 Å². The highest BCUT2D eigenvalue weighted by Gasteiger charge is 2.41. The average molecular weight is 191 g/mol. The first-order chi connectivity index (χ1) is 6.76. The van der Waals surface area contributed by atoms with Crippen molar-refractivity contribution in [3.63, 3.8) is 0 Å². The largest absolute Gasteiger partial charge is 0.308 e. The molecular weight excluding hydrogens is 174 g/mol. The topological polar surface area (TPSA) is 40.7 Å². The molecule has 3 nitrogen and oxygen atoms in total. The fourth-order valence-electron chi connectivity index (χ4n) is 1.75. The number of aromatic amines is 1. The van der Waals surface area contributed by atoms with E-state index in [4.69, 9.17) is 0 Å². The number of rotatable bonds is 4. The van der Waals surface area contributed by atoms with Crippen molar-refractivity contribution in [2.45, 2.75) is 50.6 Å². The Balaban J connectivity index is 1.64. The van der Waals surface area contributed by atoms with Gasteiger partial charge in [0.1, 0.15) is 0 Å². The van der Waals surface area contributed by atoms with Gasteiger partial charge >= 0.3 is 0 Å². The monoisotopic (exact) mass is 191 g/mol. The number of hydrogen-bond acceptors (Lipinski definition) is 2. The molecular formula is C11H17N3. The summed E-state index contributed by atoms with van der Waals surface area (Å²) in [6.45, 7) is 3.25. The highest BCUT2D eigenvalue weighted by Crippen LogP contribution is 2.46. The Bertz CT molecular complexity index is 334. The van der Waals surface area contributed by atoms with Crippen LogP contribution in [0, 0.1) is 0 Å². The number of hydrogen-bond donors (Lipinski definition) is 2. The predicted molar refractivity (Wildman–Crippen MR) is 55.0 cm³/mol. The van der Waals surface area contributed by atoms with Gasteiger partial charge < -0.3 is 5.32 Å². The summed E-state index contributed by atoms with van der Waals surface area (Å²) in [5.41, 5.74) is 2.89. The third kappa shape index (κ3) is 1.57. The molecule has 2 aliphatic rings. The number of nitrogens with one attached hydrogen (secondary N) is 2. The van der Waals surface area contributed by atoms with E-state index in [0.717, 1.165) is 12.6 Å². The molecule has 2 N–H and O–H groups in total. The molecule has 0 bridgehead atoms. The van der Waals surface area contributed by atoms with Crippen LogP contribution in [-0.4, -0.2) is 16.2 Å². The van der Waals surface area contributed by atoms with Crippen LogP contribution in [0.4, 0.5) is 0 Å². The van der Waals surface area contributed by atoms with Gasteiger partial charge in [-0.15, -0.1) is 0 Å². The molecule has 0 radical (unpaired) electrons. The van der Waals surface area contributed by atoms with Gasteiger partial charge in [0.15, 0.2) is 0 Å². The molecule has 3 heteroatoms. The predicted octanol–water partition coefficient (Wildman–Crippen LogP) is 1.71. The Hall–Kier alpha value is -0.830. The summed E-state index contributed by atoms with van der Waals surface area (Å²) in [6, 6.07) is 3.00. The Morgan fingerprint density at radius 1 is 1.57 bits per heavy atom. The Kier molecular flexibility index (Phi) is 1.71. The van der Waals surface area contributed by atoms with Gasteiger partial charge in [0.25, 0.3) is 0 Å². The van der Waals surface area contributed by atoms with Gasteiger partial charge in [-0.2, -0.15) is 5.10 Å². The van der Waals surface area contributed by atoms with E-state index in [-0.39, 0.29) is 0 Å². The summed E-state index contributed by atoms with van der Waals surface area (Å²) < 4.78 is 0. The third-order valence-electron chi connectivity index (χ3n) is 3.41. The van der Waals surface area contributed by atoms with Crippen molar-refractivity contribution in [3.8, 4) is 0 Å². The van der Waals surface area contributed by atoms with Crippen LogP contribution < -0.4 is 5.32 Å². The van der Waals surface area contributed by atoms with Gasteiger partial charge in [-0.05, 0) is 31.7 Å². The standard InChI is InChI=1S/C11H17N3/c1-11(4-5-11)10-6-9(13-14-10)7-12-8-2-3-8/h6,8,12H,2-5,7H2,1H3,(H,13,14). The molecule has 2 saturated carbocycles. The molecule has 2 aliphatic carbocycles. The molecule has 0 saturated heterocycles. The first-order valence-electron chi connectivity index (χ1n) is 5.54. The summed E-state index contributed by atoms with van der Waals surface area (Å²) in [6.07, 6.45) is 5.29. The molecule has 0 aromatic carbocycles. The quantitative estimate of drug-likeness (QED) is 0.760. The van der Waals surface area contributed by atoms with Gasteiger partial charge in [0.05, 0.1) is 5.69 Å². The van der Waals surface area contributed by atoms with Gasteiger partial charge in [0, 0.05) is 23.7 Å². The minimum atomic E-state index is 0.397. The van der Waals surface area contributed by atoms with Gasteiger partial charge in [-0.1, -0.05) is 6.92 Å². The smallest absolute Gasteiger partial charge is 0.0684 e. The fraction of sp³-hybridized carbons (Fsp3) is 0.727. The summed E-state index contributed by atoms with van der Waals surface area (Å²) in [7, 11) is 0.